The van der Waals surface area contributed by atoms with Crippen molar-refractivity contribution in [3.63, 3.8) is 0 Å². The van der Waals surface area contributed by atoms with Gasteiger partial charge in [-0.25, -0.2) is 0 Å². The highest BCUT2D eigenvalue weighted by molar-refractivity contribution is 6.30. The van der Waals surface area contributed by atoms with E-state index in [0.717, 1.165) is 21.9 Å². The van der Waals surface area contributed by atoms with Gasteiger partial charge in [-0.2, -0.15) is 0 Å². The van der Waals surface area contributed by atoms with Crippen molar-refractivity contribution in [1.29, 1.82) is 0 Å². The molecule has 3 aromatic rings. The molecule has 0 spiro atoms. The fourth-order valence-electron chi connectivity index (χ4n) is 1.62. The lowest BCUT2D eigenvalue weighted by molar-refractivity contribution is 1.06. The number of fused-ring (bicyclic) bond motifs is 3. The molecular formula is C10H6ClN3. The number of aromatic amines is 1. The van der Waals surface area contributed by atoms with Crippen molar-refractivity contribution in [2.24, 2.45) is 0 Å². The molecule has 0 aliphatic rings. The number of hydrogen-bond acceptors (Lipinski definition) is 2. The van der Waals surface area contributed by atoms with Crippen LogP contribution in [0.15, 0.2) is 30.3 Å². The van der Waals surface area contributed by atoms with Gasteiger partial charge in [-0.05, 0) is 12.1 Å². The predicted molar refractivity (Wildman–Crippen MR) is 56.4 cm³/mol. The normalized spacial score (nSPS) is 11.2. The van der Waals surface area contributed by atoms with Gasteiger partial charge in [0.15, 0.2) is 10.8 Å². The Bertz CT molecular complexity index is 615. The topological polar surface area (TPSA) is 41.6 Å². The first kappa shape index (κ1) is 7.76. The van der Waals surface area contributed by atoms with Crippen LogP contribution >= 0.6 is 11.6 Å². The van der Waals surface area contributed by atoms with Crippen molar-refractivity contribution in [1.82, 2.24) is 15.2 Å². The largest absolute Gasteiger partial charge is 0.338 e. The standard InChI is InChI=1S/C10H6ClN3/c11-9-5-7-6-3-1-2-4-8(6)12-10(7)14-13-9/h1-5H,(H,12,14). The highest BCUT2D eigenvalue weighted by Crippen LogP contribution is 2.24. The average Bonchev–Trinajstić information content (AvgIpc) is 2.56. The summed E-state index contributed by atoms with van der Waals surface area (Å²) in [6.45, 7) is 0. The van der Waals surface area contributed by atoms with E-state index in [-0.39, 0.29) is 0 Å². The zero-order chi connectivity index (χ0) is 9.54. The second kappa shape index (κ2) is 2.69. The van der Waals surface area contributed by atoms with Crippen molar-refractivity contribution >= 4 is 33.5 Å². The number of rotatable bonds is 0. The van der Waals surface area contributed by atoms with Crippen LogP contribution in [0, 0.1) is 0 Å². The monoisotopic (exact) mass is 203 g/mol. The number of nitrogens with zero attached hydrogens (tertiary/aromatic N) is 2. The molecule has 14 heavy (non-hydrogen) atoms. The molecule has 1 N–H and O–H groups in total. The number of hydrogen-bond donors (Lipinski definition) is 1. The molecule has 0 fully saturated rings. The number of halogens is 1. The highest BCUT2D eigenvalue weighted by Gasteiger charge is 2.04. The molecular weight excluding hydrogens is 198 g/mol. The summed E-state index contributed by atoms with van der Waals surface area (Å²) < 4.78 is 0. The van der Waals surface area contributed by atoms with E-state index in [2.05, 4.69) is 15.2 Å². The first-order chi connectivity index (χ1) is 6.84. The number of nitrogens with one attached hydrogen (secondary N) is 1. The first-order valence-corrected chi connectivity index (χ1v) is 4.62. The molecule has 0 aliphatic heterocycles. The van der Waals surface area contributed by atoms with E-state index >= 15 is 0 Å². The third-order valence-corrected chi connectivity index (χ3v) is 2.42. The van der Waals surface area contributed by atoms with Crippen molar-refractivity contribution in [2.75, 3.05) is 0 Å². The summed E-state index contributed by atoms with van der Waals surface area (Å²) in [4.78, 5) is 3.17. The van der Waals surface area contributed by atoms with Gasteiger partial charge in [0.25, 0.3) is 0 Å². The molecule has 0 aliphatic carbocycles. The molecule has 0 amide bonds. The van der Waals surface area contributed by atoms with Gasteiger partial charge < -0.3 is 4.98 Å². The Hall–Kier alpha value is -1.61. The van der Waals surface area contributed by atoms with E-state index in [0.29, 0.717) is 5.15 Å². The Kier molecular flexibility index (Phi) is 1.49. The summed E-state index contributed by atoms with van der Waals surface area (Å²) in [5, 5.41) is 10.3. The molecule has 0 saturated heterocycles. The molecule has 0 saturated carbocycles. The Morgan fingerprint density at radius 1 is 1.07 bits per heavy atom. The van der Waals surface area contributed by atoms with Gasteiger partial charge in [-0.1, -0.05) is 29.8 Å². The lowest BCUT2D eigenvalue weighted by atomic mass is 10.2. The molecule has 0 bridgehead atoms. The van der Waals surface area contributed by atoms with Gasteiger partial charge in [0.1, 0.15) is 0 Å². The smallest absolute Gasteiger partial charge is 0.161 e. The zero-order valence-electron chi connectivity index (χ0n) is 7.16. The van der Waals surface area contributed by atoms with Crippen molar-refractivity contribution < 1.29 is 0 Å². The predicted octanol–water partition coefficient (Wildman–Crippen LogP) is 2.76. The lowest BCUT2D eigenvalue weighted by Crippen LogP contribution is -1.81. The van der Waals surface area contributed by atoms with Crippen molar-refractivity contribution in [2.45, 2.75) is 0 Å². The third kappa shape index (κ3) is 0.992. The van der Waals surface area contributed by atoms with Gasteiger partial charge in [-0.3, -0.25) is 0 Å². The minimum atomic E-state index is 0.419. The molecule has 0 unspecified atom stereocenters. The maximum absolute atomic E-state index is 5.79. The molecule has 3 nitrogen and oxygen atoms in total. The summed E-state index contributed by atoms with van der Waals surface area (Å²) in [5.74, 6) is 0. The van der Waals surface area contributed by atoms with Gasteiger partial charge in [0.05, 0.1) is 0 Å². The Morgan fingerprint density at radius 3 is 2.86 bits per heavy atom. The van der Waals surface area contributed by atoms with Crippen molar-refractivity contribution in [3.05, 3.63) is 35.5 Å². The lowest BCUT2D eigenvalue weighted by Gasteiger charge is -1.89. The average molecular weight is 204 g/mol. The van der Waals surface area contributed by atoms with E-state index in [1.807, 2.05) is 30.3 Å². The second-order valence-corrected chi connectivity index (χ2v) is 3.49. The molecule has 4 heteroatoms. The van der Waals surface area contributed by atoms with Gasteiger partial charge in [0.2, 0.25) is 0 Å². The van der Waals surface area contributed by atoms with Crippen LogP contribution < -0.4 is 0 Å². The Labute approximate surface area is 84.7 Å². The van der Waals surface area contributed by atoms with Crippen LogP contribution in [0.25, 0.3) is 21.9 Å². The summed E-state index contributed by atoms with van der Waals surface area (Å²) in [5.41, 5.74) is 1.83. The van der Waals surface area contributed by atoms with Crippen LogP contribution in [0.1, 0.15) is 0 Å². The number of H-pyrrole nitrogens is 1. The minimum absolute atomic E-state index is 0.419. The SMILES string of the molecule is Clc1cc2c(nn1)[nH]c1ccccc12. The molecule has 68 valence electrons. The van der Waals surface area contributed by atoms with E-state index in [1.165, 1.54) is 0 Å². The molecule has 0 atom stereocenters. The Balaban J connectivity index is 2.58. The van der Waals surface area contributed by atoms with Gasteiger partial charge >= 0.3 is 0 Å². The molecule has 2 heterocycles. The number of para-hydroxylation sites is 1. The Morgan fingerprint density at radius 2 is 1.93 bits per heavy atom. The van der Waals surface area contributed by atoms with Gasteiger partial charge in [0, 0.05) is 16.3 Å². The molecule has 1 aromatic carbocycles. The number of benzene rings is 1. The number of aromatic nitrogens is 3. The summed E-state index contributed by atoms with van der Waals surface area (Å²) in [6, 6.07) is 9.83. The van der Waals surface area contributed by atoms with E-state index in [4.69, 9.17) is 11.6 Å². The summed E-state index contributed by atoms with van der Waals surface area (Å²) >= 11 is 5.79. The summed E-state index contributed by atoms with van der Waals surface area (Å²) in [7, 11) is 0. The van der Waals surface area contributed by atoms with Crippen molar-refractivity contribution in [3.8, 4) is 0 Å². The van der Waals surface area contributed by atoms with Crippen LogP contribution in [-0.2, 0) is 0 Å². The van der Waals surface area contributed by atoms with Crippen LogP contribution in [0.4, 0.5) is 0 Å². The van der Waals surface area contributed by atoms with E-state index in [1.54, 1.807) is 0 Å². The van der Waals surface area contributed by atoms with E-state index in [9.17, 15) is 0 Å². The zero-order valence-corrected chi connectivity index (χ0v) is 7.92. The van der Waals surface area contributed by atoms with Gasteiger partial charge in [-0.15, -0.1) is 10.2 Å². The molecule has 3 rings (SSSR count). The maximum Gasteiger partial charge on any atom is 0.161 e. The summed E-state index contributed by atoms with van der Waals surface area (Å²) in [6.07, 6.45) is 0. The quantitative estimate of drug-likeness (QED) is 0.611. The highest BCUT2D eigenvalue weighted by atomic mass is 35.5. The fourth-order valence-corrected chi connectivity index (χ4v) is 1.77. The second-order valence-electron chi connectivity index (χ2n) is 3.10. The first-order valence-electron chi connectivity index (χ1n) is 4.24. The van der Waals surface area contributed by atoms with Crippen LogP contribution in [0.2, 0.25) is 5.15 Å². The third-order valence-electron chi connectivity index (χ3n) is 2.23. The van der Waals surface area contributed by atoms with E-state index < -0.39 is 0 Å². The fraction of sp³-hybridized carbons (Fsp3) is 0. The maximum atomic E-state index is 5.79. The molecule has 0 radical (unpaired) electrons. The minimum Gasteiger partial charge on any atom is -0.338 e. The van der Waals surface area contributed by atoms with Crippen LogP contribution in [0.5, 0.6) is 0 Å². The van der Waals surface area contributed by atoms with Crippen LogP contribution in [0.3, 0.4) is 0 Å². The molecule has 2 aromatic heterocycles. The van der Waals surface area contributed by atoms with Crippen LogP contribution in [-0.4, -0.2) is 15.2 Å².